The van der Waals surface area contributed by atoms with E-state index < -0.39 is 107 Å². The highest BCUT2D eigenvalue weighted by Crippen LogP contribution is 2.72. The van der Waals surface area contributed by atoms with Crippen LogP contribution >= 0.6 is 0 Å². The lowest BCUT2D eigenvalue weighted by molar-refractivity contribution is -0.230. The number of alkyl halides is 1. The van der Waals surface area contributed by atoms with Crippen molar-refractivity contribution in [1.29, 1.82) is 0 Å². The molecule has 6 aliphatic rings. The van der Waals surface area contributed by atoms with Gasteiger partial charge in [-0.3, -0.25) is 34.1 Å². The predicted octanol–water partition coefficient (Wildman–Crippen LogP) is 6.62. The van der Waals surface area contributed by atoms with E-state index in [9.17, 15) is 43.5 Å². The van der Waals surface area contributed by atoms with Gasteiger partial charge in [-0.25, -0.2) is 14.0 Å². The monoisotopic (exact) mass is 1240 g/mol. The van der Waals surface area contributed by atoms with Gasteiger partial charge in [0.2, 0.25) is 29.4 Å². The Kier molecular flexibility index (Phi) is 22.9. The van der Waals surface area contributed by atoms with E-state index in [1.807, 2.05) is 13.8 Å². The smallest absolute Gasteiger partial charge is 0.411 e. The predicted molar refractivity (Wildman–Crippen MR) is 328 cm³/mol. The van der Waals surface area contributed by atoms with Crippen LogP contribution < -0.4 is 48.1 Å². The third-order valence-electron chi connectivity index (χ3n) is 18.8. The maximum Gasteiger partial charge on any atom is 0.411 e. The molecular weight excluding hydrogens is 1150 g/mol. The molecule has 1 saturated heterocycles. The molecule has 8 rings (SSSR count). The number of anilines is 2. The van der Waals surface area contributed by atoms with Crippen molar-refractivity contribution in [2.45, 2.75) is 198 Å². The van der Waals surface area contributed by atoms with Gasteiger partial charge in [-0.15, -0.1) is 5.92 Å². The zero-order valence-electron chi connectivity index (χ0n) is 51.8. The molecule has 4 fully saturated rings. The van der Waals surface area contributed by atoms with E-state index in [2.05, 4.69) is 43.7 Å². The third kappa shape index (κ3) is 15.7. The first-order chi connectivity index (χ1) is 42.5. The summed E-state index contributed by atoms with van der Waals surface area (Å²) in [6.45, 7) is 9.01. The molecule has 11 N–H and O–H groups in total. The minimum Gasteiger partial charge on any atom is -0.486 e. The molecule has 2 aromatic rings. The molecule has 1 aliphatic heterocycles. The Morgan fingerprint density at radius 2 is 1.58 bits per heavy atom. The number of aliphatic hydroxyl groups excluding tert-OH is 1. The first-order valence-electron chi connectivity index (χ1n) is 31.5. The number of urea groups is 1. The Morgan fingerprint density at radius 3 is 2.31 bits per heavy atom. The molecule has 23 heteroatoms. The number of hydrogen-bond acceptors (Lipinski definition) is 15. The Labute approximate surface area is 520 Å². The number of carbonyl (C=O) groups is 8. The minimum atomic E-state index is -2.09. The number of nitrogens with two attached hydrogens (primary N) is 2. The van der Waals surface area contributed by atoms with Crippen LogP contribution in [0.5, 0.6) is 5.75 Å². The second-order valence-corrected chi connectivity index (χ2v) is 25.2. The number of allylic oxidation sites excluding steroid dienone is 4. The van der Waals surface area contributed by atoms with Crippen LogP contribution in [0.1, 0.15) is 143 Å². The van der Waals surface area contributed by atoms with Crippen LogP contribution in [-0.2, 0) is 54.3 Å². The van der Waals surface area contributed by atoms with Crippen LogP contribution in [-0.4, -0.2) is 133 Å². The van der Waals surface area contributed by atoms with Gasteiger partial charge in [-0.2, -0.15) is 0 Å². The average Bonchev–Trinajstić information content (AvgIpc) is 1.58. The Balaban J connectivity index is 0.789. The van der Waals surface area contributed by atoms with Crippen molar-refractivity contribution in [3.63, 3.8) is 0 Å². The lowest BCUT2D eigenvalue weighted by Crippen LogP contribution is -2.69. The molecular formula is C66H89FN8O14. The fourth-order valence-corrected chi connectivity index (χ4v) is 14.0. The van der Waals surface area contributed by atoms with Crippen LogP contribution in [0.15, 0.2) is 72.3 Å². The van der Waals surface area contributed by atoms with Gasteiger partial charge in [0.15, 0.2) is 23.3 Å². The zero-order valence-corrected chi connectivity index (χ0v) is 51.8. The van der Waals surface area contributed by atoms with Gasteiger partial charge >= 0.3 is 12.1 Å². The number of hydrogen-bond donors (Lipinski definition) is 9. The van der Waals surface area contributed by atoms with E-state index in [4.69, 9.17) is 35.2 Å². The topological polar surface area (TPSA) is 327 Å². The van der Waals surface area contributed by atoms with Crippen molar-refractivity contribution < 1.29 is 71.5 Å². The Hall–Kier alpha value is -7.23. The SMILES string of the molecule is CCCC1O[C@@H]2C[C@H]3[C@@H]4CCC5=CC(=O)C=C[C@]5(C)[C@@]4(F)[C@@H](O)C[C@]3(C)[C@]2(C(=O)COc2ccc(NC(=O)OCc3ccc(NC(=O)[C@H](CCCNC(N)=O)NC(=O)[C@@H](NC(=O)[C@H](N)CCCCNC(=O)COC4C#CCCCCC4)C(C)C)cc3)cc2)O1. The molecule has 0 radical (unpaired) electrons. The van der Waals surface area contributed by atoms with Crippen LogP contribution in [0.4, 0.5) is 25.4 Å². The summed E-state index contributed by atoms with van der Waals surface area (Å²) in [6.07, 6.45) is 9.65. The quantitative estimate of drug-likeness (QED) is 0.0319. The number of aliphatic hydroxyl groups is 1. The largest absolute Gasteiger partial charge is 0.486 e. The Bertz CT molecular complexity index is 3020. The van der Waals surface area contributed by atoms with Crippen LogP contribution in [0.25, 0.3) is 0 Å². The van der Waals surface area contributed by atoms with Gasteiger partial charge in [0.1, 0.15) is 43.8 Å². The number of rotatable bonds is 28. The van der Waals surface area contributed by atoms with E-state index in [0.717, 1.165) is 38.5 Å². The minimum absolute atomic E-state index is 0.0606. The van der Waals surface area contributed by atoms with Crippen LogP contribution in [0.3, 0.4) is 0 Å². The summed E-state index contributed by atoms with van der Waals surface area (Å²) in [7, 11) is 0. The summed E-state index contributed by atoms with van der Waals surface area (Å²) in [5.41, 5.74) is 7.66. The molecule has 13 atom stereocenters. The number of benzene rings is 2. The number of primary amides is 1. The van der Waals surface area contributed by atoms with E-state index >= 15 is 4.39 Å². The molecule has 1 heterocycles. The fourth-order valence-electron chi connectivity index (χ4n) is 14.0. The summed E-state index contributed by atoms with van der Waals surface area (Å²) in [6, 6.07) is 8.96. The van der Waals surface area contributed by atoms with E-state index in [1.165, 1.54) is 12.2 Å². The highest BCUT2D eigenvalue weighted by atomic mass is 19.1. The summed E-state index contributed by atoms with van der Waals surface area (Å²) < 4.78 is 48.4. The molecule has 89 heavy (non-hydrogen) atoms. The van der Waals surface area contributed by atoms with Gasteiger partial charge < -0.3 is 66.8 Å². The number of ether oxygens (including phenoxy) is 5. The van der Waals surface area contributed by atoms with Crippen molar-refractivity contribution in [3.05, 3.63) is 77.9 Å². The molecule has 2 aromatic carbocycles. The molecule has 2 unspecified atom stereocenters. The molecule has 0 bridgehead atoms. The first-order valence-corrected chi connectivity index (χ1v) is 31.5. The maximum absolute atomic E-state index is 17.9. The van der Waals surface area contributed by atoms with Crippen molar-refractivity contribution in [3.8, 4) is 17.6 Å². The number of carbonyl (C=O) groups excluding carboxylic acids is 8. The second kappa shape index (κ2) is 30.1. The summed E-state index contributed by atoms with van der Waals surface area (Å²) in [5, 5.41) is 28.2. The first kappa shape index (κ1) is 67.7. The number of ketones is 2. The summed E-state index contributed by atoms with van der Waals surface area (Å²) >= 11 is 0. The summed E-state index contributed by atoms with van der Waals surface area (Å²) in [4.78, 5) is 105. The van der Waals surface area contributed by atoms with Gasteiger partial charge in [-0.1, -0.05) is 70.2 Å². The number of fused-ring (bicyclic) bond motifs is 7. The zero-order chi connectivity index (χ0) is 64.1. The van der Waals surface area contributed by atoms with E-state index in [1.54, 1.807) is 75.4 Å². The second-order valence-electron chi connectivity index (χ2n) is 25.2. The highest BCUT2D eigenvalue weighted by molar-refractivity contribution is 6.01. The average molecular weight is 1240 g/mol. The van der Waals surface area contributed by atoms with Crippen molar-refractivity contribution in [1.82, 2.24) is 21.3 Å². The van der Waals surface area contributed by atoms with Gasteiger partial charge in [-0.05, 0) is 156 Å². The number of Topliss-reactive ketones (excluding diaryl/α,β-unsaturated/α-hetero) is 1. The molecule has 22 nitrogen and oxygen atoms in total. The summed E-state index contributed by atoms with van der Waals surface area (Å²) in [5.74, 6) is 2.51. The van der Waals surface area contributed by atoms with Crippen LogP contribution in [0, 0.1) is 40.4 Å². The number of nitrogens with one attached hydrogen (secondary N) is 6. The normalized spacial score (nSPS) is 28.4. The molecule has 0 spiro atoms. The lowest BCUT2D eigenvalue weighted by Gasteiger charge is -2.62. The van der Waals surface area contributed by atoms with E-state index in [-0.39, 0.29) is 68.5 Å². The third-order valence-corrected chi connectivity index (χ3v) is 18.8. The van der Waals surface area contributed by atoms with Gasteiger partial charge in [0.25, 0.3) is 0 Å². The van der Waals surface area contributed by atoms with E-state index in [0.29, 0.717) is 79.8 Å². The van der Waals surface area contributed by atoms with Crippen molar-refractivity contribution in [2.75, 3.05) is 36.9 Å². The fraction of sp³-hybridized carbons (Fsp3) is 0.606. The molecule has 3 saturated carbocycles. The molecule has 0 aromatic heterocycles. The van der Waals surface area contributed by atoms with Gasteiger partial charge in [0, 0.05) is 47.6 Å². The highest BCUT2D eigenvalue weighted by Gasteiger charge is 2.79. The molecule has 484 valence electrons. The van der Waals surface area contributed by atoms with Crippen LogP contribution in [0.2, 0.25) is 0 Å². The lowest BCUT2D eigenvalue weighted by atomic mass is 9.44. The number of amides is 7. The number of unbranched alkanes of at least 4 members (excludes halogenated alkanes) is 1. The Morgan fingerprint density at radius 1 is 0.854 bits per heavy atom. The molecule has 5 aliphatic carbocycles. The number of halogens is 1. The van der Waals surface area contributed by atoms with Crippen molar-refractivity contribution in [2.24, 2.45) is 40.1 Å². The standard InChI is InChI=1S/C66H89FN8O14/c1-6-15-56-88-54-35-49-48-29-22-42-34-45(76)30-31-63(42,4)65(48,67)52(77)36-64(49,5)66(54,89-56)53(78)38-85-47-27-25-44(26-28-47)73-62(84)87-37-41-20-23-43(24-21-41)72-59(81)51(19-14-33-71-61(69)83)74-60(82)57(40(2)3)75-58(80)50(68)18-12-13-32-70-55(79)39-86-46-16-10-8-7-9-11-17-46/h20-21,23-28,30-31,34,40,46,48-52,54,56-57,77H,6-10,12-16,18-19,22,29,32-33,35-39,68H2,1-5H3,(H,70,79)(H,72,81)(H,73,84)(H,74,82)(H,75,80)(H3,69,71,83)/t46?,48-,49-,50+,51-,52-,54+,56?,57-,63-,64-,65-,66+/m0/s1. The molecule has 7 amide bonds. The van der Waals surface area contributed by atoms with Crippen molar-refractivity contribution >= 4 is 58.7 Å². The van der Waals surface area contributed by atoms with Gasteiger partial charge in [0.05, 0.1) is 18.2 Å². The maximum atomic E-state index is 17.9.